The minimum atomic E-state index is -4.34. The zero-order valence-corrected chi connectivity index (χ0v) is 11.3. The molecule has 0 atom stereocenters. The molecule has 0 unspecified atom stereocenters. The summed E-state index contributed by atoms with van der Waals surface area (Å²) in [5.41, 5.74) is 0.502. The number of nitrogens with one attached hydrogen (secondary N) is 1. The van der Waals surface area contributed by atoms with E-state index < -0.39 is 11.7 Å². The molecule has 0 saturated carbocycles. The molecule has 0 amide bonds. The van der Waals surface area contributed by atoms with E-state index in [0.717, 1.165) is 23.2 Å². The second-order valence-corrected chi connectivity index (χ2v) is 5.57. The molecule has 102 valence electrons. The minimum absolute atomic E-state index is 0.235. The summed E-state index contributed by atoms with van der Waals surface area (Å²) in [6, 6.07) is 4.01. The van der Waals surface area contributed by atoms with Crippen LogP contribution in [0.5, 0.6) is 0 Å². The van der Waals surface area contributed by atoms with Crippen molar-refractivity contribution in [3.8, 4) is 0 Å². The van der Waals surface area contributed by atoms with E-state index in [2.05, 4.69) is 10.3 Å². The van der Waals surface area contributed by atoms with E-state index in [4.69, 9.17) is 0 Å². The van der Waals surface area contributed by atoms with Gasteiger partial charge in [-0.2, -0.15) is 13.2 Å². The first-order chi connectivity index (χ1) is 8.86. The maximum atomic E-state index is 12.5. The van der Waals surface area contributed by atoms with Crippen LogP contribution in [0.1, 0.15) is 20.9 Å². The first-order valence-electron chi connectivity index (χ1n) is 5.69. The molecule has 0 aliphatic carbocycles. The fourth-order valence-corrected chi connectivity index (χ4v) is 2.61. The molecule has 0 aliphatic rings. The lowest BCUT2D eigenvalue weighted by Gasteiger charge is -2.09. The average Bonchev–Trinajstić information content (AvgIpc) is 2.66. The van der Waals surface area contributed by atoms with Gasteiger partial charge in [-0.25, -0.2) is 4.98 Å². The Hall–Kier alpha value is -1.56. The van der Waals surface area contributed by atoms with Crippen LogP contribution in [0.3, 0.4) is 0 Å². The van der Waals surface area contributed by atoms with E-state index in [1.807, 2.05) is 19.9 Å². The van der Waals surface area contributed by atoms with E-state index in [1.54, 1.807) is 11.3 Å². The topological polar surface area (TPSA) is 24.9 Å². The molecule has 2 aromatic rings. The molecule has 2 rings (SSSR count). The lowest BCUT2D eigenvalue weighted by atomic mass is 10.2. The Balaban J connectivity index is 2.07. The fourth-order valence-electron chi connectivity index (χ4n) is 1.62. The van der Waals surface area contributed by atoms with Crippen molar-refractivity contribution in [1.82, 2.24) is 4.98 Å². The Morgan fingerprint density at radius 3 is 2.58 bits per heavy atom. The van der Waals surface area contributed by atoms with Crippen LogP contribution in [-0.4, -0.2) is 4.98 Å². The second-order valence-electron chi connectivity index (χ2n) is 4.23. The van der Waals surface area contributed by atoms with Crippen molar-refractivity contribution >= 4 is 17.2 Å². The Bertz CT molecular complexity index is 556. The summed E-state index contributed by atoms with van der Waals surface area (Å²) in [5, 5.41) is 2.91. The van der Waals surface area contributed by atoms with Crippen molar-refractivity contribution in [1.29, 1.82) is 0 Å². The van der Waals surface area contributed by atoms with E-state index >= 15 is 0 Å². The number of pyridine rings is 1. The number of hydrogen-bond acceptors (Lipinski definition) is 3. The summed E-state index contributed by atoms with van der Waals surface area (Å²) >= 11 is 1.63. The summed E-state index contributed by atoms with van der Waals surface area (Å²) in [5.74, 6) is 0.235. The van der Waals surface area contributed by atoms with Crippen LogP contribution >= 0.6 is 11.3 Å². The molecule has 0 radical (unpaired) electrons. The Morgan fingerprint density at radius 1 is 1.26 bits per heavy atom. The van der Waals surface area contributed by atoms with Crippen molar-refractivity contribution in [2.75, 3.05) is 5.32 Å². The molecule has 0 aromatic carbocycles. The van der Waals surface area contributed by atoms with E-state index in [0.29, 0.717) is 6.54 Å². The monoisotopic (exact) mass is 286 g/mol. The molecular weight excluding hydrogens is 273 g/mol. The van der Waals surface area contributed by atoms with Crippen molar-refractivity contribution in [3.63, 3.8) is 0 Å². The zero-order chi connectivity index (χ0) is 14.0. The Labute approximate surface area is 113 Å². The number of thiophene rings is 1. The number of hydrogen-bond donors (Lipinski definition) is 1. The van der Waals surface area contributed by atoms with Crippen LogP contribution in [0.4, 0.5) is 19.0 Å². The smallest absolute Gasteiger partial charge is 0.365 e. The molecule has 2 nitrogen and oxygen atoms in total. The lowest BCUT2D eigenvalue weighted by Crippen LogP contribution is -2.07. The van der Waals surface area contributed by atoms with E-state index in [-0.39, 0.29) is 5.82 Å². The molecule has 2 heterocycles. The molecule has 0 aliphatic heterocycles. The van der Waals surface area contributed by atoms with Crippen molar-refractivity contribution in [2.24, 2.45) is 0 Å². The molecule has 1 N–H and O–H groups in total. The molecule has 0 spiro atoms. The van der Waals surface area contributed by atoms with Gasteiger partial charge < -0.3 is 5.32 Å². The normalized spacial score (nSPS) is 11.6. The predicted molar refractivity (Wildman–Crippen MR) is 70.4 cm³/mol. The molecule has 6 heteroatoms. The summed E-state index contributed by atoms with van der Waals surface area (Å²) in [6.07, 6.45) is -3.18. The van der Waals surface area contributed by atoms with Crippen molar-refractivity contribution in [3.05, 3.63) is 45.3 Å². The van der Waals surface area contributed by atoms with Gasteiger partial charge in [0.2, 0.25) is 0 Å². The van der Waals surface area contributed by atoms with Gasteiger partial charge in [-0.1, -0.05) is 0 Å². The number of aryl methyl sites for hydroxylation is 2. The quantitative estimate of drug-likeness (QED) is 0.905. The van der Waals surface area contributed by atoms with Gasteiger partial charge in [-0.3, -0.25) is 0 Å². The molecule has 19 heavy (non-hydrogen) atoms. The molecule has 2 aromatic heterocycles. The third-order valence-corrected chi connectivity index (χ3v) is 3.90. The fraction of sp³-hybridized carbons (Fsp3) is 0.308. The van der Waals surface area contributed by atoms with Gasteiger partial charge in [0, 0.05) is 16.0 Å². The summed E-state index contributed by atoms with van der Waals surface area (Å²) in [6.45, 7) is 4.51. The van der Waals surface area contributed by atoms with Gasteiger partial charge in [0.1, 0.15) is 5.82 Å². The maximum Gasteiger partial charge on any atom is 0.416 e. The number of rotatable bonds is 3. The predicted octanol–water partition coefficient (Wildman–Crippen LogP) is 4.39. The second kappa shape index (κ2) is 5.21. The van der Waals surface area contributed by atoms with Crippen LogP contribution in [0.15, 0.2) is 24.4 Å². The maximum absolute atomic E-state index is 12.5. The summed E-state index contributed by atoms with van der Waals surface area (Å²) in [7, 11) is 0. The molecular formula is C13H13F3N2S. The first-order valence-corrected chi connectivity index (χ1v) is 6.51. The Kier molecular flexibility index (Phi) is 3.80. The molecule has 0 fully saturated rings. The highest BCUT2D eigenvalue weighted by molar-refractivity contribution is 7.12. The van der Waals surface area contributed by atoms with Gasteiger partial charge in [-0.15, -0.1) is 11.3 Å². The highest BCUT2D eigenvalue weighted by atomic mass is 32.1. The van der Waals surface area contributed by atoms with Crippen LogP contribution in [0.2, 0.25) is 0 Å². The minimum Gasteiger partial charge on any atom is -0.365 e. The third kappa shape index (κ3) is 3.47. The van der Waals surface area contributed by atoms with Gasteiger partial charge in [0.05, 0.1) is 12.1 Å². The third-order valence-electron chi connectivity index (χ3n) is 2.75. The average molecular weight is 286 g/mol. The van der Waals surface area contributed by atoms with Crippen molar-refractivity contribution < 1.29 is 13.2 Å². The number of halogens is 3. The number of aromatic nitrogens is 1. The number of alkyl halides is 3. The van der Waals surface area contributed by atoms with E-state index in [9.17, 15) is 13.2 Å². The van der Waals surface area contributed by atoms with E-state index in [1.165, 1.54) is 10.4 Å². The Morgan fingerprint density at radius 2 is 2.00 bits per heavy atom. The van der Waals surface area contributed by atoms with Gasteiger partial charge >= 0.3 is 6.18 Å². The molecule has 0 bridgehead atoms. The first kappa shape index (κ1) is 13.9. The van der Waals surface area contributed by atoms with Crippen LogP contribution in [0.25, 0.3) is 0 Å². The highest BCUT2D eigenvalue weighted by Crippen LogP contribution is 2.30. The SMILES string of the molecule is Cc1cc(CNc2cc(C(F)(F)F)ccn2)sc1C. The highest BCUT2D eigenvalue weighted by Gasteiger charge is 2.30. The zero-order valence-electron chi connectivity index (χ0n) is 10.5. The van der Waals surface area contributed by atoms with Gasteiger partial charge in [-0.05, 0) is 37.6 Å². The van der Waals surface area contributed by atoms with Gasteiger partial charge in [0.25, 0.3) is 0 Å². The standard InChI is InChI=1S/C13H13F3N2S/c1-8-5-11(19-9(8)2)7-18-12-6-10(3-4-17-12)13(14,15)16/h3-6H,7H2,1-2H3,(H,17,18). The lowest BCUT2D eigenvalue weighted by molar-refractivity contribution is -0.137. The summed E-state index contributed by atoms with van der Waals surface area (Å²) in [4.78, 5) is 6.19. The van der Waals surface area contributed by atoms with Crippen LogP contribution in [0, 0.1) is 13.8 Å². The van der Waals surface area contributed by atoms with Crippen molar-refractivity contribution in [2.45, 2.75) is 26.6 Å². The largest absolute Gasteiger partial charge is 0.416 e. The van der Waals surface area contributed by atoms with Crippen LogP contribution < -0.4 is 5.32 Å². The summed E-state index contributed by atoms with van der Waals surface area (Å²) < 4.78 is 37.6. The van der Waals surface area contributed by atoms with Gasteiger partial charge in [0.15, 0.2) is 0 Å². The van der Waals surface area contributed by atoms with Crippen LogP contribution in [-0.2, 0) is 12.7 Å². The number of anilines is 1. The molecule has 0 saturated heterocycles. The number of nitrogens with zero attached hydrogens (tertiary/aromatic N) is 1.